The number of rotatable bonds is 9. The first-order valence-corrected chi connectivity index (χ1v) is 16.0. The smallest absolute Gasteiger partial charge is 0.306 e. The number of hydrogen-bond acceptors (Lipinski definition) is 4. The van der Waals surface area contributed by atoms with Gasteiger partial charge in [-0.2, -0.15) is 0 Å². The molecule has 200 valence electrons. The minimum Gasteiger partial charge on any atom is -0.306 e. The summed E-state index contributed by atoms with van der Waals surface area (Å²) in [5, 5.41) is 0. The first kappa shape index (κ1) is 27.6. The third kappa shape index (κ3) is 4.79. The zero-order valence-corrected chi connectivity index (χ0v) is 24.4. The van der Waals surface area contributed by atoms with E-state index in [9.17, 15) is 9.36 Å². The Balaban J connectivity index is 1.48. The van der Waals surface area contributed by atoms with Gasteiger partial charge in [-0.15, -0.1) is 0 Å². The third-order valence-electron chi connectivity index (χ3n) is 11.5. The van der Waals surface area contributed by atoms with Gasteiger partial charge in [-0.3, -0.25) is 9.36 Å². The number of allylic oxidation sites excluding steroid dienone is 2. The zero-order valence-electron chi connectivity index (χ0n) is 23.5. The molecule has 0 bridgehead atoms. The molecule has 0 spiro atoms. The number of carbonyl (C=O) groups is 1. The molecule has 3 fully saturated rings. The molecule has 0 aromatic heterocycles. The van der Waals surface area contributed by atoms with Gasteiger partial charge in [0.15, 0.2) is 0 Å². The summed E-state index contributed by atoms with van der Waals surface area (Å²) in [7, 11) is -1.09. The van der Waals surface area contributed by atoms with E-state index in [0.29, 0.717) is 16.9 Å². The molecule has 0 saturated heterocycles. The molecule has 8 atom stereocenters. The predicted octanol–water partition coefficient (Wildman–Crippen LogP) is 8.66. The van der Waals surface area contributed by atoms with Crippen LogP contribution in [0.3, 0.4) is 0 Å². The van der Waals surface area contributed by atoms with Gasteiger partial charge in [-0.1, -0.05) is 60.0 Å². The van der Waals surface area contributed by atoms with E-state index >= 15 is 0 Å². The van der Waals surface area contributed by atoms with Crippen molar-refractivity contribution < 1.29 is 18.4 Å². The minimum atomic E-state index is -3.70. The summed E-state index contributed by atoms with van der Waals surface area (Å²) in [6, 6.07) is 0. The predicted molar refractivity (Wildman–Crippen MR) is 143 cm³/mol. The van der Waals surface area contributed by atoms with Crippen LogP contribution in [0.5, 0.6) is 0 Å². The molecule has 0 aromatic rings. The van der Waals surface area contributed by atoms with Crippen LogP contribution in [0.1, 0.15) is 105 Å². The Bertz CT molecular complexity index is 856. The van der Waals surface area contributed by atoms with Crippen LogP contribution in [-0.2, 0) is 18.4 Å². The molecule has 4 aliphatic carbocycles. The van der Waals surface area contributed by atoms with Crippen molar-refractivity contribution in [2.75, 3.05) is 14.2 Å². The van der Waals surface area contributed by atoms with Gasteiger partial charge in [0.05, 0.1) is 0 Å². The van der Waals surface area contributed by atoms with Crippen molar-refractivity contribution in [3.63, 3.8) is 0 Å². The molecule has 0 heterocycles. The van der Waals surface area contributed by atoms with Crippen molar-refractivity contribution in [2.45, 2.75) is 105 Å². The van der Waals surface area contributed by atoms with E-state index in [4.69, 9.17) is 9.05 Å². The van der Waals surface area contributed by atoms with E-state index < -0.39 is 13.1 Å². The normalized spacial score (nSPS) is 40.0. The summed E-state index contributed by atoms with van der Waals surface area (Å²) in [5.74, 6) is 5.49. The van der Waals surface area contributed by atoms with Crippen LogP contribution in [0.15, 0.2) is 11.6 Å². The zero-order chi connectivity index (χ0) is 25.6. The molecule has 4 nitrogen and oxygen atoms in total. The number of fused-ring (bicyclic) bond motifs is 5. The minimum absolute atomic E-state index is 0.249. The van der Waals surface area contributed by atoms with Crippen molar-refractivity contribution in [3.8, 4) is 0 Å². The van der Waals surface area contributed by atoms with E-state index in [1.54, 1.807) is 0 Å². The Hall–Kier alpha value is -0.440. The third-order valence-corrected chi connectivity index (χ3v) is 13.3. The van der Waals surface area contributed by atoms with Crippen LogP contribution >= 0.6 is 7.60 Å². The molecular formula is C30H51O4P. The highest BCUT2D eigenvalue weighted by molar-refractivity contribution is 7.72. The summed E-state index contributed by atoms with van der Waals surface area (Å²) in [6.45, 7) is 12.4. The summed E-state index contributed by atoms with van der Waals surface area (Å²) in [4.78, 5) is 13.0. The Kier molecular flexibility index (Phi) is 8.18. The standard InChI is InChI=1S/C30H51O4P/c1-20(2)9-8-10-21(3)25-13-14-26-24-12-11-23-19-22(28(31)35(32,33-6)34-7)15-17-29(23,4)27(24)16-18-30(25,26)5/h15,20-21,23-27H,8-14,16-19H2,1-7H3/t21-,23?,24?,25-,26?,27?,29+,30-/m1/s1. The fourth-order valence-electron chi connectivity index (χ4n) is 9.50. The molecule has 0 aliphatic heterocycles. The summed E-state index contributed by atoms with van der Waals surface area (Å²) < 4.78 is 22.8. The lowest BCUT2D eigenvalue weighted by atomic mass is 9.45. The van der Waals surface area contributed by atoms with Gasteiger partial charge in [-0.05, 0) is 104 Å². The van der Waals surface area contributed by atoms with Crippen molar-refractivity contribution >= 4 is 13.1 Å². The maximum absolute atomic E-state index is 13.0. The molecule has 4 rings (SSSR count). The molecule has 0 radical (unpaired) electrons. The number of carbonyl (C=O) groups excluding carboxylic acids is 1. The van der Waals surface area contributed by atoms with Gasteiger partial charge in [0.1, 0.15) is 0 Å². The van der Waals surface area contributed by atoms with Crippen LogP contribution < -0.4 is 0 Å². The fraction of sp³-hybridized carbons (Fsp3) is 0.900. The lowest BCUT2D eigenvalue weighted by Gasteiger charge is -2.60. The SMILES string of the molecule is COP(=O)(OC)C(=O)C1=CC[C@@]2(C)C(CCC3C2CC[C@@]2(C)C3CC[C@@H]2[C@H](C)CCCC(C)C)C1. The average molecular weight is 507 g/mol. The summed E-state index contributed by atoms with van der Waals surface area (Å²) >= 11 is 0. The highest BCUT2D eigenvalue weighted by atomic mass is 31.2. The van der Waals surface area contributed by atoms with Crippen LogP contribution in [-0.4, -0.2) is 19.7 Å². The van der Waals surface area contributed by atoms with Crippen molar-refractivity contribution in [2.24, 2.45) is 52.3 Å². The van der Waals surface area contributed by atoms with Gasteiger partial charge in [0.25, 0.3) is 5.52 Å². The van der Waals surface area contributed by atoms with Crippen molar-refractivity contribution in [1.82, 2.24) is 0 Å². The molecule has 0 N–H and O–H groups in total. The molecule has 5 heteroatoms. The summed E-state index contributed by atoms with van der Waals surface area (Å²) in [5.41, 5.74) is 1.01. The van der Waals surface area contributed by atoms with Gasteiger partial charge in [0, 0.05) is 19.8 Å². The highest BCUT2D eigenvalue weighted by Gasteiger charge is 2.60. The second-order valence-electron chi connectivity index (χ2n) is 13.5. The number of hydrogen-bond donors (Lipinski definition) is 0. The Morgan fingerprint density at radius 2 is 1.69 bits per heavy atom. The highest BCUT2D eigenvalue weighted by Crippen LogP contribution is 2.68. The maximum atomic E-state index is 13.0. The van der Waals surface area contributed by atoms with Gasteiger partial charge >= 0.3 is 7.60 Å². The van der Waals surface area contributed by atoms with Crippen LogP contribution in [0, 0.1) is 52.3 Å². The molecule has 4 aliphatic rings. The first-order valence-electron chi connectivity index (χ1n) is 14.5. The van der Waals surface area contributed by atoms with Crippen LogP contribution in [0.2, 0.25) is 0 Å². The van der Waals surface area contributed by atoms with Crippen molar-refractivity contribution in [1.29, 1.82) is 0 Å². The van der Waals surface area contributed by atoms with Gasteiger partial charge in [-0.25, -0.2) is 0 Å². The fourth-order valence-corrected chi connectivity index (χ4v) is 10.5. The molecule has 0 amide bonds. The van der Waals surface area contributed by atoms with Crippen LogP contribution in [0.4, 0.5) is 0 Å². The van der Waals surface area contributed by atoms with E-state index in [-0.39, 0.29) is 5.41 Å². The maximum Gasteiger partial charge on any atom is 0.400 e. The topological polar surface area (TPSA) is 52.6 Å². The molecule has 3 saturated carbocycles. The second-order valence-corrected chi connectivity index (χ2v) is 15.6. The molecule has 4 unspecified atom stereocenters. The van der Waals surface area contributed by atoms with E-state index in [0.717, 1.165) is 48.3 Å². The van der Waals surface area contributed by atoms with E-state index in [1.165, 1.54) is 72.0 Å². The van der Waals surface area contributed by atoms with Crippen LogP contribution in [0.25, 0.3) is 0 Å². The monoisotopic (exact) mass is 506 g/mol. The lowest BCUT2D eigenvalue weighted by Crippen LogP contribution is -2.53. The summed E-state index contributed by atoms with van der Waals surface area (Å²) in [6.07, 6.45) is 15.9. The largest absolute Gasteiger partial charge is 0.400 e. The van der Waals surface area contributed by atoms with Gasteiger partial charge < -0.3 is 9.05 Å². The quantitative estimate of drug-likeness (QED) is 0.294. The van der Waals surface area contributed by atoms with Crippen molar-refractivity contribution in [3.05, 3.63) is 11.6 Å². The average Bonchev–Trinajstić information content (AvgIpc) is 3.19. The molecular weight excluding hydrogens is 455 g/mol. The van der Waals surface area contributed by atoms with E-state index in [2.05, 4.69) is 40.7 Å². The Labute approximate surface area is 214 Å². The van der Waals surface area contributed by atoms with Gasteiger partial charge in [0.2, 0.25) is 0 Å². The second kappa shape index (κ2) is 10.4. The first-order chi connectivity index (χ1) is 16.5. The molecule has 35 heavy (non-hydrogen) atoms. The lowest BCUT2D eigenvalue weighted by molar-refractivity contribution is -0.114. The molecule has 0 aromatic carbocycles. The Morgan fingerprint density at radius 1 is 1.00 bits per heavy atom. The van der Waals surface area contributed by atoms with E-state index in [1.807, 2.05) is 0 Å². The Morgan fingerprint density at radius 3 is 2.34 bits per heavy atom.